The zero-order chi connectivity index (χ0) is 7.40. The molecule has 0 spiro atoms. The third kappa shape index (κ3) is 1.88. The van der Waals surface area contributed by atoms with Crippen molar-refractivity contribution < 1.29 is 0 Å². The van der Waals surface area contributed by atoms with Gasteiger partial charge in [0, 0.05) is 6.54 Å². The maximum Gasteiger partial charge on any atom is 0.113 e. The van der Waals surface area contributed by atoms with E-state index < -0.39 is 0 Å². The lowest BCUT2D eigenvalue weighted by molar-refractivity contribution is 0.818. The van der Waals surface area contributed by atoms with Gasteiger partial charge in [0.1, 0.15) is 7.85 Å². The zero-order valence-corrected chi connectivity index (χ0v) is 6.09. The molecule has 1 aromatic rings. The highest BCUT2D eigenvalue weighted by atomic mass is 14.8. The molecule has 0 bridgehead atoms. The van der Waals surface area contributed by atoms with Crippen LogP contribution in [0.5, 0.6) is 0 Å². The van der Waals surface area contributed by atoms with Crippen molar-refractivity contribution in [2.45, 2.75) is 6.54 Å². The molecular formula is C8H10BN. The van der Waals surface area contributed by atoms with Crippen LogP contribution in [0.4, 0.5) is 0 Å². The Bertz CT molecular complexity index is 210. The second-order valence-electron chi connectivity index (χ2n) is 2.28. The van der Waals surface area contributed by atoms with Crippen molar-refractivity contribution >= 4 is 13.3 Å². The molecule has 0 aliphatic carbocycles. The summed E-state index contributed by atoms with van der Waals surface area (Å²) >= 11 is 0. The number of rotatable bonds is 2. The Kier molecular flexibility index (Phi) is 2.52. The Morgan fingerprint density at radius 2 is 2.30 bits per heavy atom. The summed E-state index contributed by atoms with van der Waals surface area (Å²) in [4.78, 5) is 0. The van der Waals surface area contributed by atoms with Gasteiger partial charge in [-0.15, -0.1) is 0 Å². The van der Waals surface area contributed by atoms with Crippen LogP contribution in [0.1, 0.15) is 5.56 Å². The molecule has 0 atom stereocenters. The summed E-state index contributed by atoms with van der Waals surface area (Å²) < 4.78 is 0. The normalized spacial score (nSPS) is 9.70. The number of hydrogen-bond acceptors (Lipinski definition) is 1. The zero-order valence-electron chi connectivity index (χ0n) is 6.09. The number of hydrogen-bond donors (Lipinski definition) is 1. The van der Waals surface area contributed by atoms with Crippen LogP contribution in [-0.4, -0.2) is 14.9 Å². The second kappa shape index (κ2) is 3.42. The second-order valence-corrected chi connectivity index (χ2v) is 2.28. The van der Waals surface area contributed by atoms with Gasteiger partial charge in [-0.25, -0.2) is 0 Å². The highest BCUT2D eigenvalue weighted by Crippen LogP contribution is 1.93. The third-order valence-corrected chi connectivity index (χ3v) is 1.33. The molecule has 2 radical (unpaired) electrons. The number of benzene rings is 1. The van der Waals surface area contributed by atoms with E-state index in [1.54, 1.807) is 0 Å². The monoisotopic (exact) mass is 131 g/mol. The molecule has 0 unspecified atom stereocenters. The molecule has 1 N–H and O–H groups in total. The standard InChI is InChI=1S/C8H10BN/c1-10-6-7-3-2-4-8(9)5-7/h2-5,10H,6H2,1H3. The van der Waals surface area contributed by atoms with Crippen LogP contribution in [0.2, 0.25) is 0 Å². The van der Waals surface area contributed by atoms with E-state index in [0.717, 1.165) is 12.0 Å². The van der Waals surface area contributed by atoms with Gasteiger partial charge in [-0.1, -0.05) is 29.7 Å². The summed E-state index contributed by atoms with van der Waals surface area (Å²) in [7, 11) is 7.48. The van der Waals surface area contributed by atoms with Crippen LogP contribution in [0.15, 0.2) is 24.3 Å². The fourth-order valence-corrected chi connectivity index (χ4v) is 0.907. The highest BCUT2D eigenvalue weighted by molar-refractivity contribution is 6.32. The number of nitrogens with one attached hydrogen (secondary N) is 1. The maximum atomic E-state index is 5.56. The van der Waals surface area contributed by atoms with Gasteiger partial charge in [0.2, 0.25) is 0 Å². The van der Waals surface area contributed by atoms with Crippen molar-refractivity contribution in [2.24, 2.45) is 0 Å². The van der Waals surface area contributed by atoms with Crippen molar-refractivity contribution in [2.75, 3.05) is 7.05 Å². The summed E-state index contributed by atoms with van der Waals surface area (Å²) in [6.07, 6.45) is 0. The molecule has 1 rings (SSSR count). The summed E-state index contributed by atoms with van der Waals surface area (Å²) in [6.45, 7) is 0.880. The Labute approximate surface area is 62.9 Å². The molecule has 1 nitrogen and oxygen atoms in total. The van der Waals surface area contributed by atoms with Crippen molar-refractivity contribution in [3.05, 3.63) is 29.8 Å². The lowest BCUT2D eigenvalue weighted by atomic mass is 9.94. The molecule has 0 heterocycles. The predicted octanol–water partition coefficient (Wildman–Crippen LogP) is 0.200. The van der Waals surface area contributed by atoms with E-state index in [4.69, 9.17) is 7.85 Å². The Balaban J connectivity index is 2.75. The van der Waals surface area contributed by atoms with Crippen LogP contribution < -0.4 is 10.8 Å². The first-order valence-electron chi connectivity index (χ1n) is 3.32. The van der Waals surface area contributed by atoms with Crippen molar-refractivity contribution in [1.29, 1.82) is 0 Å². The first kappa shape index (κ1) is 7.35. The fourth-order valence-electron chi connectivity index (χ4n) is 0.907. The van der Waals surface area contributed by atoms with E-state index in [1.807, 2.05) is 31.3 Å². The Hall–Kier alpha value is -0.755. The van der Waals surface area contributed by atoms with Gasteiger partial charge in [0.15, 0.2) is 0 Å². The molecule has 2 heteroatoms. The molecule has 0 saturated heterocycles. The van der Waals surface area contributed by atoms with Crippen LogP contribution in [0, 0.1) is 0 Å². The van der Waals surface area contributed by atoms with E-state index >= 15 is 0 Å². The SMILES string of the molecule is [B]c1cccc(CNC)c1. The molecule has 1 aromatic carbocycles. The van der Waals surface area contributed by atoms with E-state index in [1.165, 1.54) is 5.56 Å². The van der Waals surface area contributed by atoms with Gasteiger partial charge in [-0.05, 0) is 12.6 Å². The summed E-state index contributed by atoms with van der Waals surface area (Å²) in [5.74, 6) is 0. The fraction of sp³-hybridized carbons (Fsp3) is 0.250. The summed E-state index contributed by atoms with van der Waals surface area (Å²) in [6, 6.07) is 7.87. The molecule has 0 amide bonds. The van der Waals surface area contributed by atoms with E-state index in [-0.39, 0.29) is 0 Å². The average molecular weight is 131 g/mol. The third-order valence-electron chi connectivity index (χ3n) is 1.33. The molecule has 0 aliphatic rings. The molecule has 50 valence electrons. The molecule has 0 saturated carbocycles. The smallest absolute Gasteiger partial charge is 0.113 e. The minimum Gasteiger partial charge on any atom is -0.316 e. The van der Waals surface area contributed by atoms with Crippen LogP contribution in [0.25, 0.3) is 0 Å². The molecule has 0 fully saturated rings. The lowest BCUT2D eigenvalue weighted by Crippen LogP contribution is -2.08. The topological polar surface area (TPSA) is 12.0 Å². The van der Waals surface area contributed by atoms with Gasteiger partial charge < -0.3 is 5.32 Å². The lowest BCUT2D eigenvalue weighted by Gasteiger charge is -1.99. The first-order valence-corrected chi connectivity index (χ1v) is 3.32. The van der Waals surface area contributed by atoms with E-state index in [0.29, 0.717) is 0 Å². The first-order chi connectivity index (χ1) is 4.83. The van der Waals surface area contributed by atoms with Crippen LogP contribution in [-0.2, 0) is 6.54 Å². The molecule has 10 heavy (non-hydrogen) atoms. The van der Waals surface area contributed by atoms with Gasteiger partial charge in [0.25, 0.3) is 0 Å². The largest absolute Gasteiger partial charge is 0.316 e. The molecular weight excluding hydrogens is 121 g/mol. The van der Waals surface area contributed by atoms with Crippen LogP contribution >= 0.6 is 0 Å². The summed E-state index contributed by atoms with van der Waals surface area (Å²) in [5.41, 5.74) is 2.05. The Morgan fingerprint density at radius 1 is 1.50 bits per heavy atom. The van der Waals surface area contributed by atoms with Crippen molar-refractivity contribution in [1.82, 2.24) is 5.32 Å². The molecule has 0 aliphatic heterocycles. The molecule has 0 aromatic heterocycles. The van der Waals surface area contributed by atoms with E-state index in [9.17, 15) is 0 Å². The highest BCUT2D eigenvalue weighted by Gasteiger charge is 1.88. The van der Waals surface area contributed by atoms with E-state index in [2.05, 4.69) is 5.32 Å². The Morgan fingerprint density at radius 3 is 2.90 bits per heavy atom. The minimum absolute atomic E-state index is 0.827. The minimum atomic E-state index is 0.827. The van der Waals surface area contributed by atoms with Crippen molar-refractivity contribution in [3.63, 3.8) is 0 Å². The summed E-state index contributed by atoms with van der Waals surface area (Å²) in [5, 5.41) is 3.06. The average Bonchev–Trinajstić information content (AvgIpc) is 1.88. The van der Waals surface area contributed by atoms with Crippen LogP contribution in [0.3, 0.4) is 0 Å². The van der Waals surface area contributed by atoms with Crippen molar-refractivity contribution in [3.8, 4) is 0 Å². The quantitative estimate of drug-likeness (QED) is 0.565. The van der Waals surface area contributed by atoms with Gasteiger partial charge in [-0.2, -0.15) is 0 Å². The maximum absolute atomic E-state index is 5.56. The van der Waals surface area contributed by atoms with Gasteiger partial charge >= 0.3 is 0 Å². The van der Waals surface area contributed by atoms with Gasteiger partial charge in [0.05, 0.1) is 0 Å². The predicted molar refractivity (Wildman–Crippen MR) is 44.6 cm³/mol. The van der Waals surface area contributed by atoms with Gasteiger partial charge in [-0.3, -0.25) is 0 Å².